The minimum absolute atomic E-state index is 0.0955. The fourth-order valence-corrected chi connectivity index (χ4v) is 2.05. The number of rotatable bonds is 8. The summed E-state index contributed by atoms with van der Waals surface area (Å²) >= 11 is 0. The molecule has 0 saturated carbocycles. The second-order valence-corrected chi connectivity index (χ2v) is 7.22. The number of esters is 1. The summed E-state index contributed by atoms with van der Waals surface area (Å²) in [6.07, 6.45) is -0.448. The van der Waals surface area contributed by atoms with Crippen molar-refractivity contribution in [3.8, 4) is 0 Å². The van der Waals surface area contributed by atoms with Gasteiger partial charge in [-0.15, -0.1) is 0 Å². The Hall–Kier alpha value is -2.83. The first-order chi connectivity index (χ1) is 12.6. The van der Waals surface area contributed by atoms with E-state index in [-0.39, 0.29) is 19.6 Å². The first-order valence-corrected chi connectivity index (χ1v) is 8.68. The van der Waals surface area contributed by atoms with Gasteiger partial charge in [-0.25, -0.2) is 4.79 Å². The van der Waals surface area contributed by atoms with Gasteiger partial charge in [0.1, 0.15) is 24.8 Å². The molecule has 0 saturated heterocycles. The van der Waals surface area contributed by atoms with Crippen molar-refractivity contribution in [2.45, 2.75) is 45.8 Å². The van der Waals surface area contributed by atoms with Crippen LogP contribution in [0.15, 0.2) is 42.5 Å². The maximum Gasteiger partial charge on any atom is 0.408 e. The van der Waals surface area contributed by atoms with Gasteiger partial charge >= 0.3 is 12.1 Å². The summed E-state index contributed by atoms with van der Waals surface area (Å²) in [5, 5.41) is 5.04. The molecule has 0 fully saturated rings. The zero-order valence-corrected chi connectivity index (χ0v) is 16.3. The maximum absolute atomic E-state index is 12.5. The van der Waals surface area contributed by atoms with Crippen molar-refractivity contribution in [2.24, 2.45) is 0 Å². The standard InChI is InChI=1S/C20H28N2O5/c1-14(2)13-26-17(23)12-21-18(24)16(11-15-9-7-6-8-10-15)22-19(25)27-20(3,4)5/h6-10,16H,1,11-13H2,2-5H3,(H,21,24)(H,22,25)/t16-/m0/s1. The van der Waals surface area contributed by atoms with Gasteiger partial charge in [-0.05, 0) is 38.8 Å². The molecule has 0 heterocycles. The molecule has 27 heavy (non-hydrogen) atoms. The van der Waals surface area contributed by atoms with Crippen LogP contribution in [0, 0.1) is 0 Å². The van der Waals surface area contributed by atoms with Gasteiger partial charge < -0.3 is 20.1 Å². The van der Waals surface area contributed by atoms with E-state index in [1.165, 1.54) is 0 Å². The van der Waals surface area contributed by atoms with Crippen molar-refractivity contribution >= 4 is 18.0 Å². The molecular weight excluding hydrogens is 348 g/mol. The van der Waals surface area contributed by atoms with Crippen LogP contribution in [-0.4, -0.2) is 42.8 Å². The van der Waals surface area contributed by atoms with Crippen molar-refractivity contribution in [3.05, 3.63) is 48.0 Å². The van der Waals surface area contributed by atoms with Crippen LogP contribution in [-0.2, 0) is 25.5 Å². The van der Waals surface area contributed by atoms with Gasteiger partial charge in [0.2, 0.25) is 5.91 Å². The Bertz CT molecular complexity index is 665. The van der Waals surface area contributed by atoms with Gasteiger partial charge in [0.15, 0.2) is 0 Å². The molecule has 7 nitrogen and oxygen atoms in total. The predicted octanol–water partition coefficient (Wildman–Crippen LogP) is 2.36. The molecule has 0 bridgehead atoms. The van der Waals surface area contributed by atoms with Crippen LogP contribution in [0.1, 0.15) is 33.3 Å². The Morgan fingerprint density at radius 3 is 2.33 bits per heavy atom. The van der Waals surface area contributed by atoms with Gasteiger partial charge in [-0.2, -0.15) is 0 Å². The molecule has 148 valence electrons. The highest BCUT2D eigenvalue weighted by Crippen LogP contribution is 2.08. The average molecular weight is 376 g/mol. The highest BCUT2D eigenvalue weighted by Gasteiger charge is 2.25. The number of carbonyl (C=O) groups excluding carboxylic acids is 3. The van der Waals surface area contributed by atoms with Crippen LogP contribution in [0.4, 0.5) is 4.79 Å². The number of hydrogen-bond donors (Lipinski definition) is 2. The van der Waals surface area contributed by atoms with Crippen molar-refractivity contribution in [1.82, 2.24) is 10.6 Å². The highest BCUT2D eigenvalue weighted by molar-refractivity contribution is 5.88. The number of benzene rings is 1. The van der Waals surface area contributed by atoms with E-state index in [1.807, 2.05) is 30.3 Å². The van der Waals surface area contributed by atoms with Gasteiger partial charge in [-0.3, -0.25) is 9.59 Å². The molecule has 0 aliphatic heterocycles. The monoisotopic (exact) mass is 376 g/mol. The molecule has 1 aromatic rings. The second kappa shape index (κ2) is 10.4. The van der Waals surface area contributed by atoms with Crippen LogP contribution in [0.5, 0.6) is 0 Å². The van der Waals surface area contributed by atoms with E-state index in [1.54, 1.807) is 27.7 Å². The van der Waals surface area contributed by atoms with Crippen LogP contribution in [0.2, 0.25) is 0 Å². The Kier molecular flexibility index (Phi) is 8.51. The molecule has 0 unspecified atom stereocenters. The Balaban J connectivity index is 2.71. The minimum atomic E-state index is -0.892. The SMILES string of the molecule is C=C(C)COC(=O)CNC(=O)[C@H](Cc1ccccc1)NC(=O)OC(C)(C)C. The fraction of sp³-hybridized carbons (Fsp3) is 0.450. The third kappa shape index (κ3) is 10.0. The summed E-state index contributed by atoms with van der Waals surface area (Å²) in [5.74, 6) is -1.08. The number of nitrogens with one attached hydrogen (secondary N) is 2. The van der Waals surface area contributed by atoms with Gasteiger partial charge in [0.05, 0.1) is 0 Å². The molecule has 0 radical (unpaired) electrons. The van der Waals surface area contributed by atoms with Crippen molar-refractivity contribution < 1.29 is 23.9 Å². The third-order valence-electron chi connectivity index (χ3n) is 3.18. The number of amides is 2. The highest BCUT2D eigenvalue weighted by atomic mass is 16.6. The van der Waals surface area contributed by atoms with E-state index in [9.17, 15) is 14.4 Å². The predicted molar refractivity (Wildman–Crippen MR) is 102 cm³/mol. The lowest BCUT2D eigenvalue weighted by molar-refractivity contribution is -0.143. The van der Waals surface area contributed by atoms with E-state index < -0.39 is 29.6 Å². The van der Waals surface area contributed by atoms with Gasteiger partial charge in [-0.1, -0.05) is 36.9 Å². The van der Waals surface area contributed by atoms with Gasteiger partial charge in [0.25, 0.3) is 0 Å². The van der Waals surface area contributed by atoms with E-state index in [0.717, 1.165) is 5.56 Å². The topological polar surface area (TPSA) is 93.7 Å². The van der Waals surface area contributed by atoms with Gasteiger partial charge in [0, 0.05) is 6.42 Å². The summed E-state index contributed by atoms with van der Waals surface area (Å²) in [4.78, 5) is 36.2. The number of hydrogen-bond acceptors (Lipinski definition) is 5. The molecule has 0 aromatic heterocycles. The van der Waals surface area contributed by atoms with Crippen molar-refractivity contribution in [1.29, 1.82) is 0 Å². The first kappa shape index (κ1) is 22.2. The van der Waals surface area contributed by atoms with E-state index in [0.29, 0.717) is 5.57 Å². The summed E-state index contributed by atoms with van der Waals surface area (Å²) in [6.45, 7) is 10.4. The Morgan fingerprint density at radius 1 is 1.15 bits per heavy atom. The second-order valence-electron chi connectivity index (χ2n) is 7.22. The number of ether oxygens (including phenoxy) is 2. The zero-order chi connectivity index (χ0) is 20.4. The Labute approximate surface area is 160 Å². The number of alkyl carbamates (subject to hydrolysis) is 1. The molecule has 2 N–H and O–H groups in total. The molecule has 7 heteroatoms. The largest absolute Gasteiger partial charge is 0.460 e. The van der Waals surface area contributed by atoms with Crippen LogP contribution < -0.4 is 10.6 Å². The van der Waals surface area contributed by atoms with Crippen molar-refractivity contribution in [2.75, 3.05) is 13.2 Å². The minimum Gasteiger partial charge on any atom is -0.460 e. The quantitative estimate of drug-likeness (QED) is 0.537. The fourth-order valence-electron chi connectivity index (χ4n) is 2.05. The van der Waals surface area contributed by atoms with Crippen LogP contribution >= 0.6 is 0 Å². The smallest absolute Gasteiger partial charge is 0.408 e. The molecule has 2 amide bonds. The molecule has 1 aromatic carbocycles. The van der Waals surface area contributed by atoms with E-state index in [4.69, 9.17) is 9.47 Å². The Morgan fingerprint density at radius 2 is 1.78 bits per heavy atom. The zero-order valence-electron chi connectivity index (χ0n) is 16.3. The summed E-state index contributed by atoms with van der Waals surface area (Å²) in [6, 6.07) is 8.34. The van der Waals surface area contributed by atoms with Crippen LogP contribution in [0.25, 0.3) is 0 Å². The van der Waals surface area contributed by atoms with E-state index >= 15 is 0 Å². The van der Waals surface area contributed by atoms with Crippen molar-refractivity contribution in [3.63, 3.8) is 0 Å². The molecule has 0 aliphatic carbocycles. The van der Waals surface area contributed by atoms with E-state index in [2.05, 4.69) is 17.2 Å². The number of carbonyl (C=O) groups is 3. The lowest BCUT2D eigenvalue weighted by Crippen LogP contribution is -2.50. The normalized spacial score (nSPS) is 11.9. The summed E-state index contributed by atoms with van der Waals surface area (Å²) in [5.41, 5.74) is 0.867. The lowest BCUT2D eigenvalue weighted by Gasteiger charge is -2.23. The molecule has 0 spiro atoms. The maximum atomic E-state index is 12.5. The molecule has 1 rings (SSSR count). The summed E-state index contributed by atoms with van der Waals surface area (Å²) in [7, 11) is 0. The average Bonchev–Trinajstić information content (AvgIpc) is 2.56. The van der Waals surface area contributed by atoms with Crippen LogP contribution in [0.3, 0.4) is 0 Å². The molecular formula is C20H28N2O5. The molecule has 1 atom stereocenters. The lowest BCUT2D eigenvalue weighted by atomic mass is 10.1. The first-order valence-electron chi connectivity index (χ1n) is 8.68. The third-order valence-corrected chi connectivity index (χ3v) is 3.18. The molecule has 0 aliphatic rings. The summed E-state index contributed by atoms with van der Waals surface area (Å²) < 4.78 is 10.1.